The molecule has 0 bridgehead atoms. The molecule has 0 aromatic heterocycles. The molecule has 2 N–H and O–H groups in total. The van der Waals surface area contributed by atoms with Crippen LogP contribution in [0.4, 0.5) is 5.69 Å². The minimum atomic E-state index is -0.394. The van der Waals surface area contributed by atoms with Crippen molar-refractivity contribution in [3.8, 4) is 11.8 Å². The van der Waals surface area contributed by atoms with E-state index in [1.165, 1.54) is 7.11 Å². The second-order valence-corrected chi connectivity index (χ2v) is 7.09. The van der Waals surface area contributed by atoms with Crippen molar-refractivity contribution in [1.82, 2.24) is 4.90 Å². The SMILES string of the molecule is COC(=O)c1ccc(N2CC3(CCN(C(C)=O)CC3)C2)cc1C#CCN. The Labute approximate surface area is 154 Å². The zero-order valence-corrected chi connectivity index (χ0v) is 15.4. The van der Waals surface area contributed by atoms with Gasteiger partial charge in [0.15, 0.2) is 0 Å². The van der Waals surface area contributed by atoms with Gasteiger partial charge in [0.25, 0.3) is 0 Å². The number of piperidine rings is 1. The van der Waals surface area contributed by atoms with E-state index in [-0.39, 0.29) is 12.5 Å². The van der Waals surface area contributed by atoms with Crippen molar-refractivity contribution in [2.45, 2.75) is 19.8 Å². The molecule has 26 heavy (non-hydrogen) atoms. The molecule has 1 spiro atoms. The van der Waals surface area contributed by atoms with Gasteiger partial charge in [-0.05, 0) is 31.0 Å². The lowest BCUT2D eigenvalue weighted by Crippen LogP contribution is -2.60. The number of nitrogens with two attached hydrogens (primary N) is 1. The summed E-state index contributed by atoms with van der Waals surface area (Å²) in [5.74, 6) is 5.56. The monoisotopic (exact) mass is 355 g/mol. The van der Waals surface area contributed by atoms with Crippen LogP contribution in [0.25, 0.3) is 0 Å². The number of nitrogens with zero attached hydrogens (tertiary/aromatic N) is 2. The maximum Gasteiger partial charge on any atom is 0.339 e. The van der Waals surface area contributed by atoms with Crippen LogP contribution < -0.4 is 10.6 Å². The minimum absolute atomic E-state index is 0.164. The first-order valence-electron chi connectivity index (χ1n) is 8.90. The number of anilines is 1. The summed E-state index contributed by atoms with van der Waals surface area (Å²) in [6.07, 6.45) is 2.09. The molecule has 6 heteroatoms. The summed E-state index contributed by atoms with van der Waals surface area (Å²) >= 11 is 0. The van der Waals surface area contributed by atoms with Gasteiger partial charge in [-0.15, -0.1) is 0 Å². The Balaban J connectivity index is 1.72. The number of rotatable bonds is 2. The molecule has 138 valence electrons. The molecule has 0 atom stereocenters. The molecule has 2 fully saturated rings. The van der Waals surface area contributed by atoms with Crippen molar-refractivity contribution in [3.05, 3.63) is 29.3 Å². The first-order chi connectivity index (χ1) is 12.5. The fraction of sp³-hybridized carbons (Fsp3) is 0.500. The fourth-order valence-electron chi connectivity index (χ4n) is 3.82. The lowest BCUT2D eigenvalue weighted by Gasteiger charge is -2.55. The molecule has 1 aromatic rings. The predicted molar refractivity (Wildman–Crippen MR) is 99.8 cm³/mol. The largest absolute Gasteiger partial charge is 0.465 e. The predicted octanol–water partition coefficient (Wildman–Crippen LogP) is 1.23. The zero-order chi connectivity index (χ0) is 18.7. The van der Waals surface area contributed by atoms with E-state index >= 15 is 0 Å². The first-order valence-corrected chi connectivity index (χ1v) is 8.90. The van der Waals surface area contributed by atoms with Crippen molar-refractivity contribution in [2.24, 2.45) is 11.1 Å². The number of esters is 1. The Kier molecular flexibility index (Phi) is 5.19. The highest BCUT2D eigenvalue weighted by molar-refractivity contribution is 5.93. The maximum absolute atomic E-state index is 11.9. The van der Waals surface area contributed by atoms with Crippen LogP contribution in [0.1, 0.15) is 35.7 Å². The molecule has 2 heterocycles. The number of amides is 1. The van der Waals surface area contributed by atoms with E-state index in [1.807, 2.05) is 17.0 Å². The van der Waals surface area contributed by atoms with E-state index < -0.39 is 5.97 Å². The van der Waals surface area contributed by atoms with Crippen LogP contribution in [-0.2, 0) is 9.53 Å². The third-order valence-electron chi connectivity index (χ3n) is 5.42. The summed E-state index contributed by atoms with van der Waals surface area (Å²) in [7, 11) is 1.36. The summed E-state index contributed by atoms with van der Waals surface area (Å²) in [5.41, 5.74) is 7.93. The second kappa shape index (κ2) is 7.38. The Hall–Kier alpha value is -2.52. The number of benzene rings is 1. The molecule has 0 radical (unpaired) electrons. The molecule has 0 aliphatic carbocycles. The lowest BCUT2D eigenvalue weighted by molar-refractivity contribution is -0.131. The van der Waals surface area contributed by atoms with Crippen LogP contribution >= 0.6 is 0 Å². The van der Waals surface area contributed by atoms with Crippen LogP contribution in [-0.4, -0.2) is 56.6 Å². The third kappa shape index (κ3) is 3.54. The van der Waals surface area contributed by atoms with Crippen molar-refractivity contribution >= 4 is 17.6 Å². The van der Waals surface area contributed by atoms with E-state index in [9.17, 15) is 9.59 Å². The molecule has 6 nitrogen and oxygen atoms in total. The Morgan fingerprint density at radius 2 is 1.96 bits per heavy atom. The average molecular weight is 355 g/mol. The molecule has 0 saturated carbocycles. The molecular formula is C20H25N3O3. The smallest absolute Gasteiger partial charge is 0.339 e. The molecule has 1 aromatic carbocycles. The highest BCUT2D eigenvalue weighted by Gasteiger charge is 2.45. The number of likely N-dealkylation sites (tertiary alicyclic amines) is 1. The minimum Gasteiger partial charge on any atom is -0.465 e. The Bertz CT molecular complexity index is 762. The molecule has 1 amide bonds. The van der Waals surface area contributed by atoms with Gasteiger partial charge in [0, 0.05) is 49.8 Å². The van der Waals surface area contributed by atoms with E-state index in [2.05, 4.69) is 16.7 Å². The quantitative estimate of drug-likeness (QED) is 0.638. The standard InChI is InChI=1S/C20H25N3O3/c1-15(24)22-10-7-20(8-11-22)13-23(14-20)17-5-6-18(19(25)26-2)16(12-17)4-3-9-21/h5-6,12H,7-11,13-14,21H2,1-2H3. The Morgan fingerprint density at radius 1 is 1.27 bits per heavy atom. The van der Waals surface area contributed by atoms with Crippen molar-refractivity contribution in [1.29, 1.82) is 0 Å². The molecule has 0 unspecified atom stereocenters. The van der Waals surface area contributed by atoms with Gasteiger partial charge in [0.1, 0.15) is 0 Å². The van der Waals surface area contributed by atoms with Gasteiger partial charge >= 0.3 is 5.97 Å². The van der Waals surface area contributed by atoms with E-state index in [4.69, 9.17) is 10.5 Å². The van der Waals surface area contributed by atoms with Crippen LogP contribution in [0.2, 0.25) is 0 Å². The molecule has 2 aliphatic heterocycles. The number of methoxy groups -OCH3 is 1. The van der Waals surface area contributed by atoms with E-state index in [1.54, 1.807) is 13.0 Å². The average Bonchev–Trinajstić information content (AvgIpc) is 2.63. The van der Waals surface area contributed by atoms with Gasteiger partial charge < -0.3 is 20.3 Å². The van der Waals surface area contributed by atoms with Crippen LogP contribution in [0, 0.1) is 17.3 Å². The first kappa shape index (κ1) is 18.3. The van der Waals surface area contributed by atoms with Crippen molar-refractivity contribution < 1.29 is 14.3 Å². The number of hydrogen-bond donors (Lipinski definition) is 1. The van der Waals surface area contributed by atoms with Crippen LogP contribution in [0.5, 0.6) is 0 Å². The van der Waals surface area contributed by atoms with Crippen LogP contribution in [0.3, 0.4) is 0 Å². The number of ether oxygens (including phenoxy) is 1. The van der Waals surface area contributed by atoms with Crippen LogP contribution in [0.15, 0.2) is 18.2 Å². The molecular weight excluding hydrogens is 330 g/mol. The summed E-state index contributed by atoms with van der Waals surface area (Å²) in [6.45, 7) is 5.51. The van der Waals surface area contributed by atoms with E-state index in [0.717, 1.165) is 44.7 Å². The van der Waals surface area contributed by atoms with E-state index in [0.29, 0.717) is 16.5 Å². The summed E-state index contributed by atoms with van der Waals surface area (Å²) in [6, 6.07) is 5.65. The van der Waals surface area contributed by atoms with Gasteiger partial charge in [-0.2, -0.15) is 0 Å². The van der Waals surface area contributed by atoms with Gasteiger partial charge in [-0.25, -0.2) is 4.79 Å². The fourth-order valence-corrected chi connectivity index (χ4v) is 3.82. The van der Waals surface area contributed by atoms with Crippen molar-refractivity contribution in [3.63, 3.8) is 0 Å². The maximum atomic E-state index is 11.9. The molecule has 2 aliphatic rings. The highest BCUT2D eigenvalue weighted by Crippen LogP contribution is 2.42. The molecule has 3 rings (SSSR count). The van der Waals surface area contributed by atoms with Gasteiger partial charge in [0.2, 0.25) is 5.91 Å². The number of carbonyl (C=O) groups is 2. The zero-order valence-electron chi connectivity index (χ0n) is 15.4. The Morgan fingerprint density at radius 3 is 2.54 bits per heavy atom. The third-order valence-corrected chi connectivity index (χ3v) is 5.42. The molecule has 2 saturated heterocycles. The summed E-state index contributed by atoms with van der Waals surface area (Å²) < 4.78 is 4.83. The number of hydrogen-bond acceptors (Lipinski definition) is 5. The summed E-state index contributed by atoms with van der Waals surface area (Å²) in [4.78, 5) is 27.7. The van der Waals surface area contributed by atoms with Gasteiger partial charge in [0.05, 0.1) is 19.2 Å². The van der Waals surface area contributed by atoms with Gasteiger partial charge in [-0.3, -0.25) is 4.79 Å². The van der Waals surface area contributed by atoms with Gasteiger partial charge in [-0.1, -0.05) is 11.8 Å². The lowest BCUT2D eigenvalue weighted by atomic mass is 9.71. The normalized spacial score (nSPS) is 18.0. The highest BCUT2D eigenvalue weighted by atomic mass is 16.5. The number of carbonyl (C=O) groups excluding carboxylic acids is 2. The van der Waals surface area contributed by atoms with Crippen molar-refractivity contribution in [2.75, 3.05) is 44.7 Å². The summed E-state index contributed by atoms with van der Waals surface area (Å²) in [5, 5.41) is 0. The topological polar surface area (TPSA) is 75.9 Å². The second-order valence-electron chi connectivity index (χ2n) is 7.09.